The van der Waals surface area contributed by atoms with Gasteiger partial charge >= 0.3 is 21.1 Å². The van der Waals surface area contributed by atoms with E-state index in [-0.39, 0.29) is 38.7 Å². The van der Waals surface area contributed by atoms with Gasteiger partial charge in [-0.2, -0.15) is 0 Å². The minimum Gasteiger partial charge on any atom is -0.423 e. The average molecular weight is 2370 g/mol. The Labute approximate surface area is 904 Å². The summed E-state index contributed by atoms with van der Waals surface area (Å²) in [7, 11) is -2.84. The molecular weight excluding hydrogens is 2270 g/mol. The molecule has 4 heterocycles. The van der Waals surface area contributed by atoms with Crippen molar-refractivity contribution < 1.29 is 38.5 Å². The predicted molar refractivity (Wildman–Crippen MR) is 640 cm³/mol. The van der Waals surface area contributed by atoms with Gasteiger partial charge in [0.05, 0.1) is 58.8 Å². The molecule has 14 nitrogen and oxygen atoms in total. The van der Waals surface area contributed by atoms with Crippen molar-refractivity contribution in [3.8, 4) is 16.8 Å². The maximum atomic E-state index is 11.5. The molecule has 24 heteroatoms. The van der Waals surface area contributed by atoms with Crippen molar-refractivity contribution in [3.05, 3.63) is 477 Å². The van der Waals surface area contributed by atoms with Crippen molar-refractivity contribution >= 4 is 294 Å². The van der Waals surface area contributed by atoms with Crippen LogP contribution in [0.5, 0.6) is 0 Å². The Morgan fingerprint density at radius 2 is 0.671 bits per heavy atom. The molecular formula is C122H98B3Br5IN4O10P. The van der Waals surface area contributed by atoms with E-state index in [0.29, 0.717) is 15.5 Å². The van der Waals surface area contributed by atoms with E-state index in [2.05, 4.69) is 391 Å². The van der Waals surface area contributed by atoms with Crippen LogP contribution in [0.4, 0.5) is 11.4 Å². The van der Waals surface area contributed by atoms with Crippen molar-refractivity contribution in [2.75, 3.05) is 0 Å². The van der Waals surface area contributed by atoms with Gasteiger partial charge in [0.1, 0.15) is 0 Å². The van der Waals surface area contributed by atoms with Crippen molar-refractivity contribution in [1.29, 1.82) is 0 Å². The number of hydrogen-bond donors (Lipinski definition) is 3. The zero-order valence-electron chi connectivity index (χ0n) is 80.9. The quantitative estimate of drug-likeness (QED) is 0.0314. The number of nitro groups is 2. The van der Waals surface area contributed by atoms with Crippen LogP contribution < -0.4 is 21.4 Å². The monoisotopic (exact) mass is 2360 g/mol. The van der Waals surface area contributed by atoms with E-state index < -0.39 is 34.0 Å². The molecule has 2 aliphatic heterocycles. The highest BCUT2D eigenvalue weighted by Gasteiger charge is 2.64. The molecule has 0 spiro atoms. The fourth-order valence-corrected chi connectivity index (χ4v) is 23.7. The summed E-state index contributed by atoms with van der Waals surface area (Å²) in [5.41, 5.74) is 6.89. The van der Waals surface area contributed by atoms with Crippen molar-refractivity contribution in [2.24, 2.45) is 0 Å². The van der Waals surface area contributed by atoms with Gasteiger partial charge in [-0.3, -0.25) is 20.2 Å². The van der Waals surface area contributed by atoms with Crippen LogP contribution in [0.1, 0.15) is 55.4 Å². The Bertz CT molecular complexity index is 8610. The summed E-state index contributed by atoms with van der Waals surface area (Å²) in [4.78, 5) is 24.6. The van der Waals surface area contributed by atoms with Crippen LogP contribution in [-0.4, -0.2) is 73.0 Å². The minimum absolute atomic E-state index is 0.0770. The summed E-state index contributed by atoms with van der Waals surface area (Å²) in [6, 6.07) is 147. The maximum Gasteiger partial charge on any atom is 0.489 e. The Balaban J connectivity index is 0.000000112. The molecule has 2 fully saturated rings. The van der Waals surface area contributed by atoms with Crippen molar-refractivity contribution in [2.45, 2.75) is 77.8 Å². The number of nitrogens with zero attached hydrogens (tertiary/aromatic N) is 3. The largest absolute Gasteiger partial charge is 0.489 e. The van der Waals surface area contributed by atoms with Gasteiger partial charge in [-0.15, -0.1) is 0 Å². The summed E-state index contributed by atoms with van der Waals surface area (Å²) < 4.78 is 31.9. The van der Waals surface area contributed by atoms with Gasteiger partial charge < -0.3 is 38.2 Å². The SMILES string of the molecule is Brc1ccc2[nH]c3c4ccccc4c4ccccc4c3c2c1.Brc1ccc2c(c1)c1c3ccccc3c3ccccc3c1n2-c1ccccc1.CC1(C)OB(B2OC(C)(C)C(C)(C)O2)OC1(C)C.Ic1ccccc1.O=[N+]([O-])c1ccc(Br)cc1-c1cc2ccccc2c2ccccc12.O=[N+]([O-])c1ccc(Br)cc1Br.OB(O)c1cc2ccccc2c2ccccc12.c1ccc(P(c2ccccc2)c2ccccc2)cc1. The lowest BCUT2D eigenvalue weighted by Gasteiger charge is -2.32. The van der Waals surface area contributed by atoms with Crippen LogP contribution >= 0.6 is 110 Å². The topological polar surface area (TPSA) is 184 Å². The third kappa shape index (κ3) is 22.3. The first-order valence-electron chi connectivity index (χ1n) is 47.6. The fourth-order valence-electron chi connectivity index (χ4n) is 18.7. The third-order valence-electron chi connectivity index (χ3n) is 27.0. The molecule has 722 valence electrons. The van der Waals surface area contributed by atoms with E-state index >= 15 is 0 Å². The van der Waals surface area contributed by atoms with Gasteiger partial charge in [0.2, 0.25) is 0 Å². The Morgan fingerprint density at radius 1 is 0.329 bits per heavy atom. The molecule has 0 amide bonds. The van der Waals surface area contributed by atoms with Crippen LogP contribution in [0.2, 0.25) is 0 Å². The first kappa shape index (κ1) is 104. The smallest absolute Gasteiger partial charge is 0.423 e. The number of aromatic nitrogens is 2. The minimum atomic E-state index is -1.44. The number of hydrogen-bond acceptors (Lipinski definition) is 10. The molecule has 25 rings (SSSR count). The summed E-state index contributed by atoms with van der Waals surface area (Å²) >= 11 is 19.3. The first-order valence-corrected chi connectivity index (χ1v) is 54.0. The standard InChI is InChI=1S/C26H16BrN.C20H12BrNO2.C20H12BrN.C18H15P.C14H11BO2.C12H24B2O4.C6H3Br2NO2.C6H5I/c27-17-14-15-24-23(16-17)25-21-12-6-4-10-19(21)20-11-5-7-13-22(20)26(25)28(24)18-8-2-1-3-9-18;21-14-9-10-20(22(23)24)19(12-14)18-11-13-5-1-2-6-15(13)16-7-3-4-8-17(16)18;21-12-9-10-18-17(11-12)19-15-7-3-1-5-13(15)14-6-2-4-8-16(14)20(19)22-18;1-4-10-16(11-5-1)19(17-12-6-2-7-13-17)18-14-8-3-9-15-18;16-15(17)14-9-10-5-1-2-6-11(10)12-7-3-4-8-13(12)14;1-9(2)10(3,4)16-13(15-9)14-17-11(5,6)12(7,8)18-14;7-4-1-2-6(9(10)11)5(8)3-4;7-6-4-2-1-3-5-6/h1-16H;1-12H;1-11,22H;1-15H;1-9,16-17H;1-8H3;1-3H;1-5H. The molecule has 146 heavy (non-hydrogen) atoms. The van der Waals surface area contributed by atoms with Crippen LogP contribution in [0.25, 0.3) is 147 Å². The number of rotatable bonds is 9. The molecule has 2 aliphatic rings. The molecule has 0 atom stereocenters. The number of fused-ring (bicyclic) bond motifs is 22. The van der Waals surface area contributed by atoms with Gasteiger partial charge in [-0.25, -0.2) is 0 Å². The molecule has 3 N–H and O–H groups in total. The number of H-pyrrole nitrogens is 1. The highest BCUT2D eigenvalue weighted by atomic mass is 127. The van der Waals surface area contributed by atoms with Crippen LogP contribution in [0.15, 0.2) is 453 Å². The number of para-hydroxylation sites is 1. The molecule has 0 bridgehead atoms. The van der Waals surface area contributed by atoms with Gasteiger partial charge in [0.25, 0.3) is 11.4 Å². The zero-order valence-corrected chi connectivity index (χ0v) is 91.9. The molecule has 21 aromatic carbocycles. The summed E-state index contributed by atoms with van der Waals surface area (Å²) in [5, 5.41) is 68.8. The Hall–Kier alpha value is -12.4. The molecule has 0 saturated carbocycles. The lowest BCUT2D eigenvalue weighted by Crippen LogP contribution is -2.41. The highest BCUT2D eigenvalue weighted by molar-refractivity contribution is 14.1. The van der Waals surface area contributed by atoms with Gasteiger partial charge in [0.15, 0.2) is 0 Å². The van der Waals surface area contributed by atoms with Gasteiger partial charge in [0, 0.05) is 77.1 Å². The molecule has 0 aliphatic carbocycles. The number of nitrogens with one attached hydrogen (secondary N) is 1. The normalized spacial score (nSPS) is 13.6. The Kier molecular flexibility index (Phi) is 32.0. The lowest BCUT2D eigenvalue weighted by molar-refractivity contribution is -0.385. The van der Waals surface area contributed by atoms with E-state index in [1.165, 1.54) is 118 Å². The van der Waals surface area contributed by atoms with E-state index in [1.54, 1.807) is 24.3 Å². The van der Waals surface area contributed by atoms with E-state index in [0.717, 1.165) is 66.5 Å². The molecule has 0 unspecified atom stereocenters. The predicted octanol–water partition coefficient (Wildman–Crippen LogP) is 33.4. The van der Waals surface area contributed by atoms with Crippen LogP contribution in [0, 0.1) is 23.8 Å². The van der Waals surface area contributed by atoms with E-state index in [1.807, 2.05) is 177 Å². The number of halogens is 6. The lowest BCUT2D eigenvalue weighted by atomic mass is 9.49. The number of benzene rings is 21. The second-order valence-electron chi connectivity index (χ2n) is 37.3. The number of aromatic amines is 1. The average Bonchev–Trinajstić information content (AvgIpc) is 1.54. The summed E-state index contributed by atoms with van der Waals surface area (Å²) in [5.74, 6) is 0. The second-order valence-corrected chi connectivity index (χ2v) is 45.2. The van der Waals surface area contributed by atoms with Crippen molar-refractivity contribution in [1.82, 2.24) is 9.55 Å². The third-order valence-corrected chi connectivity index (χ3v) is 32.8. The molecule has 23 aromatic rings. The van der Waals surface area contributed by atoms with E-state index in [4.69, 9.17) is 18.6 Å². The molecule has 2 saturated heterocycles. The second kappa shape index (κ2) is 45.1. The molecule has 0 radical (unpaired) electrons. The maximum absolute atomic E-state index is 11.5. The fraction of sp³-hybridized carbons (Fsp3) is 0.0984. The summed E-state index contributed by atoms with van der Waals surface area (Å²) in [6.45, 7) is 16.2. The summed E-state index contributed by atoms with van der Waals surface area (Å²) in [6.07, 6.45) is 0. The Morgan fingerprint density at radius 3 is 1.13 bits per heavy atom. The van der Waals surface area contributed by atoms with Gasteiger partial charge in [-0.1, -0.05) is 391 Å². The van der Waals surface area contributed by atoms with Crippen LogP contribution in [0.3, 0.4) is 0 Å². The van der Waals surface area contributed by atoms with Gasteiger partial charge in [-0.05, 0) is 295 Å². The van der Waals surface area contributed by atoms with Crippen molar-refractivity contribution in [3.63, 3.8) is 0 Å². The van der Waals surface area contributed by atoms with E-state index in [9.17, 15) is 30.3 Å². The highest BCUT2D eigenvalue weighted by Crippen LogP contribution is 2.48. The zero-order chi connectivity index (χ0) is 102. The van der Waals surface area contributed by atoms with Crippen LogP contribution in [-0.2, 0) is 18.6 Å². The number of nitro benzene ring substituents is 2. The molecule has 2 aromatic heterocycles. The first-order chi connectivity index (χ1) is 70.4.